The molecule has 0 radical (unpaired) electrons. The number of hydrogen-bond donors (Lipinski definition) is 3. The number of nitrogens with one attached hydrogen (secondary N) is 2. The van der Waals surface area contributed by atoms with Crippen molar-refractivity contribution in [2.24, 2.45) is 5.73 Å². The van der Waals surface area contributed by atoms with E-state index in [1.807, 2.05) is 18.2 Å². The molecule has 32 heavy (non-hydrogen) atoms. The van der Waals surface area contributed by atoms with E-state index in [0.717, 1.165) is 36.0 Å². The number of carbonyl (C=O) groups is 3. The summed E-state index contributed by atoms with van der Waals surface area (Å²) >= 11 is 0. The molecule has 1 aliphatic carbocycles. The highest BCUT2D eigenvalue weighted by atomic mass is 16.2. The lowest BCUT2D eigenvalue weighted by Gasteiger charge is -2.29. The monoisotopic (exact) mass is 432 g/mol. The number of amides is 3. The van der Waals surface area contributed by atoms with Crippen LogP contribution in [-0.2, 0) is 35.6 Å². The van der Waals surface area contributed by atoms with Gasteiger partial charge in [-0.25, -0.2) is 0 Å². The fourth-order valence-electron chi connectivity index (χ4n) is 5.28. The second kappa shape index (κ2) is 8.48. The molecule has 3 aliphatic rings. The Kier molecular flexibility index (Phi) is 5.53. The Labute approximate surface area is 187 Å². The van der Waals surface area contributed by atoms with E-state index in [9.17, 15) is 14.4 Å². The third kappa shape index (κ3) is 3.72. The largest absolute Gasteiger partial charge is 0.326 e. The number of nitrogens with two attached hydrogens (primary N) is 1. The highest BCUT2D eigenvalue weighted by molar-refractivity contribution is 6.06. The van der Waals surface area contributed by atoms with Crippen LogP contribution < -0.4 is 16.4 Å². The molecule has 0 spiro atoms. The number of piperidine rings is 1. The summed E-state index contributed by atoms with van der Waals surface area (Å²) in [6.45, 7) is 1.54. The molecular formula is C25H28N4O3. The molecule has 0 aromatic heterocycles. The molecule has 5 rings (SSSR count). The molecule has 2 aliphatic heterocycles. The maximum absolute atomic E-state index is 13.3. The van der Waals surface area contributed by atoms with Crippen molar-refractivity contribution in [1.29, 1.82) is 0 Å². The first-order chi connectivity index (χ1) is 15.5. The number of hydrogen-bond acceptors (Lipinski definition) is 5. The van der Waals surface area contributed by atoms with Gasteiger partial charge in [0.2, 0.25) is 11.8 Å². The van der Waals surface area contributed by atoms with Gasteiger partial charge in [-0.05, 0) is 53.5 Å². The van der Waals surface area contributed by atoms with Crippen molar-refractivity contribution in [1.82, 2.24) is 15.5 Å². The first-order valence-corrected chi connectivity index (χ1v) is 11.4. The zero-order chi connectivity index (χ0) is 22.2. The van der Waals surface area contributed by atoms with Gasteiger partial charge < -0.3 is 16.0 Å². The summed E-state index contributed by atoms with van der Waals surface area (Å²) in [7, 11) is 0. The molecule has 1 fully saturated rings. The number of carbonyl (C=O) groups excluding carboxylic acids is 3. The Bertz CT molecular complexity index is 1100. The van der Waals surface area contributed by atoms with Crippen LogP contribution in [0.3, 0.4) is 0 Å². The third-order valence-corrected chi connectivity index (χ3v) is 6.94. The normalized spacial score (nSPS) is 22.5. The van der Waals surface area contributed by atoms with Gasteiger partial charge in [0.25, 0.3) is 5.91 Å². The fourth-order valence-corrected chi connectivity index (χ4v) is 5.28. The molecule has 3 amide bonds. The molecule has 4 N–H and O–H groups in total. The first-order valence-electron chi connectivity index (χ1n) is 11.4. The smallest absolute Gasteiger partial charge is 0.255 e. The van der Waals surface area contributed by atoms with Gasteiger partial charge in [-0.1, -0.05) is 36.4 Å². The van der Waals surface area contributed by atoms with Crippen molar-refractivity contribution in [2.45, 2.75) is 63.8 Å². The molecule has 1 saturated heterocycles. The summed E-state index contributed by atoms with van der Waals surface area (Å²) in [5.41, 5.74) is 12.2. The Morgan fingerprint density at radius 3 is 2.75 bits per heavy atom. The average molecular weight is 433 g/mol. The number of nitrogens with zero attached hydrogens (tertiary/aromatic N) is 1. The fraction of sp³-hybridized carbons (Fsp3) is 0.400. The summed E-state index contributed by atoms with van der Waals surface area (Å²) in [6.07, 6.45) is 3.88. The van der Waals surface area contributed by atoms with Crippen LogP contribution in [0.1, 0.15) is 69.9 Å². The molecule has 2 aromatic carbocycles. The van der Waals surface area contributed by atoms with Gasteiger partial charge in [0.05, 0.1) is 0 Å². The zero-order valence-electron chi connectivity index (χ0n) is 18.0. The highest BCUT2D eigenvalue weighted by Gasteiger charge is 2.40. The topological polar surface area (TPSA) is 105 Å². The summed E-state index contributed by atoms with van der Waals surface area (Å²) in [4.78, 5) is 38.7. The van der Waals surface area contributed by atoms with Crippen molar-refractivity contribution in [2.75, 3.05) is 0 Å². The summed E-state index contributed by atoms with van der Waals surface area (Å²) in [5.74, 6) is -0.770. The van der Waals surface area contributed by atoms with E-state index < -0.39 is 6.04 Å². The van der Waals surface area contributed by atoms with Gasteiger partial charge >= 0.3 is 0 Å². The molecule has 7 heteroatoms. The molecule has 2 unspecified atom stereocenters. The molecule has 166 valence electrons. The number of benzene rings is 2. The van der Waals surface area contributed by atoms with Crippen LogP contribution in [-0.4, -0.2) is 28.7 Å². The summed E-state index contributed by atoms with van der Waals surface area (Å²) in [6, 6.07) is 12.1. The first kappa shape index (κ1) is 20.8. The predicted octanol–water partition coefficient (Wildman–Crippen LogP) is 2.07. The Morgan fingerprint density at radius 2 is 1.94 bits per heavy atom. The van der Waals surface area contributed by atoms with Crippen molar-refractivity contribution in [3.05, 3.63) is 69.8 Å². The van der Waals surface area contributed by atoms with Crippen LogP contribution in [0.2, 0.25) is 0 Å². The minimum atomic E-state index is -0.588. The molecule has 2 atom stereocenters. The Morgan fingerprint density at radius 1 is 1.06 bits per heavy atom. The maximum Gasteiger partial charge on any atom is 0.255 e. The van der Waals surface area contributed by atoms with E-state index in [1.165, 1.54) is 11.1 Å². The lowest BCUT2D eigenvalue weighted by molar-refractivity contribution is -0.136. The Hall–Kier alpha value is -3.03. The van der Waals surface area contributed by atoms with E-state index in [2.05, 4.69) is 28.8 Å². The molecule has 0 bridgehead atoms. The zero-order valence-corrected chi connectivity index (χ0v) is 18.0. The standard InChI is InChI=1S/C25H28N4O3/c26-12-15-7-8-19-16(11-15)3-2-6-20(19)27-13-17-4-1-5-18-14-29(25(32)23(17)18)21-9-10-22(30)28-24(21)31/h1,4-5,7-8,11,20-21,27H,2-3,6,9-10,12-14,26H2,(H,28,30,31). The van der Waals surface area contributed by atoms with Crippen LogP contribution >= 0.6 is 0 Å². The average Bonchev–Trinajstić information content (AvgIpc) is 3.14. The minimum Gasteiger partial charge on any atom is -0.326 e. The third-order valence-electron chi connectivity index (χ3n) is 6.94. The van der Waals surface area contributed by atoms with Crippen LogP contribution in [0, 0.1) is 0 Å². The van der Waals surface area contributed by atoms with Gasteiger partial charge in [0.15, 0.2) is 0 Å². The molecule has 0 saturated carbocycles. The lowest BCUT2D eigenvalue weighted by Crippen LogP contribution is -2.52. The lowest BCUT2D eigenvalue weighted by atomic mass is 9.86. The van der Waals surface area contributed by atoms with Gasteiger partial charge in [-0.15, -0.1) is 0 Å². The van der Waals surface area contributed by atoms with E-state index in [4.69, 9.17) is 5.73 Å². The summed E-state index contributed by atoms with van der Waals surface area (Å²) in [5, 5.41) is 6.03. The van der Waals surface area contributed by atoms with Gasteiger partial charge in [-0.3, -0.25) is 19.7 Å². The minimum absolute atomic E-state index is 0.122. The van der Waals surface area contributed by atoms with Crippen LogP contribution in [0.15, 0.2) is 36.4 Å². The molecule has 2 heterocycles. The summed E-state index contributed by atoms with van der Waals surface area (Å²) < 4.78 is 0. The number of rotatable bonds is 5. The predicted molar refractivity (Wildman–Crippen MR) is 119 cm³/mol. The number of aryl methyl sites for hydroxylation is 1. The highest BCUT2D eigenvalue weighted by Crippen LogP contribution is 2.33. The molecular weight excluding hydrogens is 404 g/mol. The Balaban J connectivity index is 1.33. The van der Waals surface area contributed by atoms with Crippen LogP contribution in [0.25, 0.3) is 0 Å². The van der Waals surface area contributed by atoms with E-state index in [0.29, 0.717) is 31.6 Å². The van der Waals surface area contributed by atoms with Crippen LogP contribution in [0.5, 0.6) is 0 Å². The maximum atomic E-state index is 13.3. The van der Waals surface area contributed by atoms with Crippen molar-refractivity contribution < 1.29 is 14.4 Å². The van der Waals surface area contributed by atoms with Crippen molar-refractivity contribution in [3.63, 3.8) is 0 Å². The SMILES string of the molecule is NCc1ccc2c(c1)CCCC2NCc1cccc2c1C(=O)N(C1CCC(=O)NC1=O)C2. The second-order valence-electron chi connectivity index (χ2n) is 8.91. The molecule has 7 nitrogen and oxygen atoms in total. The van der Waals surface area contributed by atoms with Crippen LogP contribution in [0.4, 0.5) is 0 Å². The van der Waals surface area contributed by atoms with E-state index >= 15 is 0 Å². The van der Waals surface area contributed by atoms with Gasteiger partial charge in [0.1, 0.15) is 6.04 Å². The van der Waals surface area contributed by atoms with Crippen molar-refractivity contribution >= 4 is 17.7 Å². The second-order valence-corrected chi connectivity index (χ2v) is 8.91. The molecule has 2 aromatic rings. The number of fused-ring (bicyclic) bond motifs is 2. The quantitative estimate of drug-likeness (QED) is 0.628. The van der Waals surface area contributed by atoms with Gasteiger partial charge in [-0.2, -0.15) is 0 Å². The van der Waals surface area contributed by atoms with E-state index in [-0.39, 0.29) is 30.2 Å². The number of imide groups is 1. The van der Waals surface area contributed by atoms with Gasteiger partial charge in [0, 0.05) is 37.7 Å². The van der Waals surface area contributed by atoms with E-state index in [1.54, 1.807) is 4.90 Å². The van der Waals surface area contributed by atoms with Crippen molar-refractivity contribution in [3.8, 4) is 0 Å².